The van der Waals surface area contributed by atoms with Crippen molar-refractivity contribution < 1.29 is 86.4 Å². The standard InChI is InChI=1S/C9H15N.2C2HF6NO4S2/c1-2-3-7-10-8-5-4-6-9-10;2*3-1(4,5)14(10,11)9-15(12,13)2(6,7)8/h4-6,8H,2-3,7,9H2,1H3;2*9H. The minimum atomic E-state index is -6.60. The molecule has 1 aliphatic heterocycles. The number of hydrogen-bond donors (Lipinski definition) is 2. The molecule has 2 N–H and O–H groups in total. The molecule has 40 heavy (non-hydrogen) atoms. The van der Waals surface area contributed by atoms with Crippen LogP contribution >= 0.6 is 0 Å². The highest BCUT2D eigenvalue weighted by molar-refractivity contribution is 8.06. The number of halogens is 12. The van der Waals surface area contributed by atoms with Gasteiger partial charge in [0.25, 0.3) is 0 Å². The molecule has 0 fully saturated rings. The number of alkyl halides is 12. The number of rotatable bonds is 7. The third kappa shape index (κ3) is 13.2. The summed E-state index contributed by atoms with van der Waals surface area (Å²) in [6.07, 6.45) is 11.1. The van der Waals surface area contributed by atoms with Gasteiger partial charge in [0.15, 0.2) is 0 Å². The van der Waals surface area contributed by atoms with Crippen molar-refractivity contribution >= 4 is 40.1 Å². The molecule has 11 nitrogen and oxygen atoms in total. The maximum Gasteiger partial charge on any atom is 0.512 e. The third-order valence-corrected chi connectivity index (χ3v) is 9.29. The fraction of sp³-hybridized carbons (Fsp3) is 0.692. The summed E-state index contributed by atoms with van der Waals surface area (Å²) in [5.74, 6) is 0. The molecule has 0 saturated carbocycles. The minimum absolute atomic E-state index is 0.493. The van der Waals surface area contributed by atoms with Gasteiger partial charge in [0, 0.05) is 13.1 Å². The third-order valence-electron chi connectivity index (χ3n) is 3.34. The fourth-order valence-electron chi connectivity index (χ4n) is 1.51. The number of nitrogens with zero attached hydrogens (tertiary/aromatic N) is 1. The summed E-state index contributed by atoms with van der Waals surface area (Å²) in [6, 6.07) is 0. The van der Waals surface area contributed by atoms with E-state index in [4.69, 9.17) is 0 Å². The molecule has 0 saturated heterocycles. The number of hydrogen-bond acceptors (Lipinski definition) is 9. The van der Waals surface area contributed by atoms with Crippen LogP contribution in [0.1, 0.15) is 19.8 Å². The van der Waals surface area contributed by atoms with Gasteiger partial charge < -0.3 is 4.90 Å². The zero-order chi connectivity index (χ0) is 32.6. The van der Waals surface area contributed by atoms with Crippen LogP contribution in [0, 0.1) is 0 Å². The summed E-state index contributed by atoms with van der Waals surface area (Å²) in [5.41, 5.74) is -24.6. The highest BCUT2D eigenvalue weighted by Gasteiger charge is 2.56. The lowest BCUT2D eigenvalue weighted by molar-refractivity contribution is -0.0487. The number of unbranched alkanes of at least 4 members (excludes halogenated alkanes) is 1. The molecule has 0 aromatic rings. The molecule has 0 radical (unpaired) electrons. The first-order valence-corrected chi connectivity index (χ1v) is 15.2. The van der Waals surface area contributed by atoms with Crippen LogP contribution < -0.4 is 8.25 Å². The summed E-state index contributed by atoms with van der Waals surface area (Å²) < 4.78 is 217. The predicted molar refractivity (Wildman–Crippen MR) is 111 cm³/mol. The molecular formula is C13H17F12N3O8S4. The Morgan fingerprint density at radius 1 is 0.600 bits per heavy atom. The molecule has 0 aromatic heterocycles. The Bertz CT molecular complexity index is 1140. The summed E-state index contributed by atoms with van der Waals surface area (Å²) >= 11 is 0. The van der Waals surface area contributed by atoms with Crippen molar-refractivity contribution in [2.75, 3.05) is 13.1 Å². The Balaban J connectivity index is 0. The van der Waals surface area contributed by atoms with E-state index < -0.39 is 70.4 Å². The van der Waals surface area contributed by atoms with Crippen LogP contribution in [-0.4, -0.2) is 73.7 Å². The van der Waals surface area contributed by atoms with E-state index in [1.807, 2.05) is 0 Å². The molecule has 0 bridgehead atoms. The lowest BCUT2D eigenvalue weighted by Crippen LogP contribution is -2.45. The molecule has 0 unspecified atom stereocenters. The highest BCUT2D eigenvalue weighted by Crippen LogP contribution is 2.28. The summed E-state index contributed by atoms with van der Waals surface area (Å²) in [7, 11) is -26.4. The molecule has 0 spiro atoms. The van der Waals surface area contributed by atoms with Gasteiger partial charge in [-0.05, 0) is 18.7 Å². The van der Waals surface area contributed by atoms with Crippen molar-refractivity contribution in [1.82, 2.24) is 13.2 Å². The largest absolute Gasteiger partial charge is 0.512 e. The number of nitrogens with one attached hydrogen (secondary N) is 2. The first kappa shape index (κ1) is 40.3. The lowest BCUT2D eigenvalue weighted by Gasteiger charge is -2.19. The van der Waals surface area contributed by atoms with Crippen molar-refractivity contribution in [2.24, 2.45) is 0 Å². The van der Waals surface area contributed by atoms with E-state index in [9.17, 15) is 86.4 Å². The van der Waals surface area contributed by atoms with Crippen molar-refractivity contribution in [3.63, 3.8) is 0 Å². The molecule has 27 heteroatoms. The van der Waals surface area contributed by atoms with E-state index in [1.54, 1.807) is 0 Å². The van der Waals surface area contributed by atoms with Crippen LogP contribution in [0.3, 0.4) is 0 Å². The van der Waals surface area contributed by atoms with E-state index in [2.05, 4.69) is 36.3 Å². The Morgan fingerprint density at radius 3 is 1.10 bits per heavy atom. The minimum Gasteiger partial charge on any atom is -0.374 e. The zero-order valence-electron chi connectivity index (χ0n) is 19.0. The second-order valence-corrected chi connectivity index (χ2v) is 13.8. The Kier molecular flexibility index (Phi) is 14.0. The lowest BCUT2D eigenvalue weighted by atomic mass is 10.3. The molecule has 0 atom stereocenters. The molecule has 0 amide bonds. The van der Waals surface area contributed by atoms with E-state index in [-0.39, 0.29) is 0 Å². The molecule has 1 aliphatic rings. The molecule has 240 valence electrons. The van der Waals surface area contributed by atoms with Crippen LogP contribution in [0.2, 0.25) is 0 Å². The first-order valence-electron chi connectivity index (χ1n) is 9.24. The smallest absolute Gasteiger partial charge is 0.374 e. The number of sulfonamides is 4. The van der Waals surface area contributed by atoms with Gasteiger partial charge in [0.2, 0.25) is 0 Å². The van der Waals surface area contributed by atoms with Crippen molar-refractivity contribution in [1.29, 1.82) is 0 Å². The zero-order valence-corrected chi connectivity index (χ0v) is 22.3. The van der Waals surface area contributed by atoms with Gasteiger partial charge in [0.1, 0.15) is 0 Å². The van der Waals surface area contributed by atoms with Gasteiger partial charge in [-0.15, -0.1) is 0 Å². The summed E-state index contributed by atoms with van der Waals surface area (Å²) in [6.45, 7) is 4.53. The van der Waals surface area contributed by atoms with E-state index in [1.165, 1.54) is 19.4 Å². The highest BCUT2D eigenvalue weighted by atomic mass is 32.3. The van der Waals surface area contributed by atoms with Crippen LogP contribution in [-0.2, 0) is 40.1 Å². The van der Waals surface area contributed by atoms with Gasteiger partial charge in [0.05, 0.1) is 0 Å². The molecular weight excluding hydrogens is 682 g/mol. The Morgan fingerprint density at radius 2 is 0.900 bits per heavy atom. The van der Waals surface area contributed by atoms with Gasteiger partial charge in [-0.25, -0.2) is 33.7 Å². The quantitative estimate of drug-likeness (QED) is 0.381. The summed E-state index contributed by atoms with van der Waals surface area (Å²) in [4.78, 5) is 2.34. The van der Waals surface area contributed by atoms with Gasteiger partial charge in [-0.1, -0.05) is 33.8 Å². The first-order chi connectivity index (χ1) is 17.3. The number of allylic oxidation sites excluding steroid dienone is 2. The van der Waals surface area contributed by atoms with E-state index in [0.717, 1.165) is 6.54 Å². The molecule has 1 rings (SSSR count). The summed E-state index contributed by atoms with van der Waals surface area (Å²) in [5, 5.41) is 0. The van der Waals surface area contributed by atoms with Gasteiger partial charge in [-0.3, -0.25) is 0 Å². The molecule has 1 heterocycles. The van der Waals surface area contributed by atoms with E-state index >= 15 is 0 Å². The topological polar surface area (TPSA) is 164 Å². The molecule has 0 aliphatic carbocycles. The normalized spacial score (nSPS) is 15.6. The van der Waals surface area contributed by atoms with Gasteiger partial charge >= 0.3 is 62.1 Å². The average Bonchev–Trinajstić information content (AvgIpc) is 2.69. The van der Waals surface area contributed by atoms with Crippen LogP contribution in [0.25, 0.3) is 0 Å². The van der Waals surface area contributed by atoms with Gasteiger partial charge in [-0.2, -0.15) is 52.7 Å². The maximum atomic E-state index is 11.5. The Labute approximate surface area is 219 Å². The van der Waals surface area contributed by atoms with Crippen LogP contribution in [0.15, 0.2) is 24.4 Å². The second-order valence-electron chi connectivity index (χ2n) is 6.58. The fourth-order valence-corrected chi connectivity index (χ4v) is 5.33. The van der Waals surface area contributed by atoms with Crippen LogP contribution in [0.5, 0.6) is 0 Å². The second kappa shape index (κ2) is 13.9. The Hall–Kier alpha value is -1.84. The maximum absolute atomic E-state index is 11.5. The SMILES string of the molecule is CCCCN1C=CC=CC1.O=S(=O)(NS(=O)(=O)C(F)(F)F)C(F)(F)F.O=S(=O)(NS(=O)(=O)C(F)(F)F)C(F)(F)F. The van der Waals surface area contributed by atoms with Crippen molar-refractivity contribution in [3.8, 4) is 0 Å². The molecule has 0 aromatic carbocycles. The van der Waals surface area contributed by atoms with Crippen molar-refractivity contribution in [3.05, 3.63) is 24.4 Å². The van der Waals surface area contributed by atoms with Crippen LogP contribution in [0.4, 0.5) is 52.7 Å². The predicted octanol–water partition coefficient (Wildman–Crippen LogP) is 2.72. The average molecular weight is 700 g/mol. The van der Waals surface area contributed by atoms with E-state index in [0.29, 0.717) is 0 Å². The monoisotopic (exact) mass is 699 g/mol. The van der Waals surface area contributed by atoms with Crippen molar-refractivity contribution in [2.45, 2.75) is 41.8 Å².